The first kappa shape index (κ1) is 21.9. The van der Waals surface area contributed by atoms with Crippen molar-refractivity contribution in [3.8, 4) is 11.8 Å². The molecule has 0 amide bonds. The van der Waals surface area contributed by atoms with E-state index in [1.54, 1.807) is 6.20 Å². The monoisotopic (exact) mass is 403 g/mol. The van der Waals surface area contributed by atoms with Crippen LogP contribution >= 0.6 is 0 Å². The molecule has 1 unspecified atom stereocenters. The number of anilines is 1. The van der Waals surface area contributed by atoms with Gasteiger partial charge in [-0.1, -0.05) is 72.4 Å². The summed E-state index contributed by atoms with van der Waals surface area (Å²) >= 11 is 0. The molecule has 0 fully saturated rings. The highest BCUT2D eigenvalue weighted by Crippen LogP contribution is 2.33. The lowest BCUT2D eigenvalue weighted by Crippen LogP contribution is -2.31. The fourth-order valence-corrected chi connectivity index (χ4v) is 3.24. The topological polar surface area (TPSA) is 57.8 Å². The van der Waals surface area contributed by atoms with Crippen LogP contribution in [0, 0.1) is 23.2 Å². The summed E-state index contributed by atoms with van der Waals surface area (Å²) in [5.74, 6) is 7.82. The molecule has 3 rings (SSSR count). The first-order valence-corrected chi connectivity index (χ1v) is 10.8. The second-order valence-electron chi connectivity index (χ2n) is 9.83. The number of nitrogens with zero attached hydrogens (tertiary/aromatic N) is 1. The summed E-state index contributed by atoms with van der Waals surface area (Å²) in [7, 11) is 0. The first-order chi connectivity index (χ1) is 14.0. The number of pyridine rings is 2. The normalized spacial score (nSPS) is 13.0. The Hall–Kier alpha value is -2.80. The standard InChI is InChI=1S/C26H33N3O/c1-15(2)9-10-19-14-27-25(30)22-21-13-18(16(3)4)11-12-20(21)24(29-23(19)22)28-17(5)26(6,7)8/h11-17H,1-8H3,(H,27,30)(H,28,29). The predicted octanol–water partition coefficient (Wildman–Crippen LogP) is 6.05. The fourth-order valence-electron chi connectivity index (χ4n) is 3.24. The minimum Gasteiger partial charge on any atom is -0.367 e. The van der Waals surface area contributed by atoms with Crippen LogP contribution in [0.3, 0.4) is 0 Å². The first-order valence-electron chi connectivity index (χ1n) is 10.8. The van der Waals surface area contributed by atoms with Gasteiger partial charge in [-0.3, -0.25) is 4.79 Å². The summed E-state index contributed by atoms with van der Waals surface area (Å²) in [5.41, 5.74) is 2.54. The minimum absolute atomic E-state index is 0.0648. The van der Waals surface area contributed by atoms with E-state index >= 15 is 0 Å². The zero-order valence-corrected chi connectivity index (χ0v) is 19.4. The second-order valence-corrected chi connectivity index (χ2v) is 9.83. The van der Waals surface area contributed by atoms with Gasteiger partial charge < -0.3 is 10.3 Å². The molecule has 4 nitrogen and oxygen atoms in total. The number of hydrogen-bond acceptors (Lipinski definition) is 3. The van der Waals surface area contributed by atoms with Gasteiger partial charge >= 0.3 is 0 Å². The Kier molecular flexibility index (Phi) is 5.94. The Labute approximate surface area is 179 Å². The molecule has 0 aliphatic carbocycles. The lowest BCUT2D eigenvalue weighted by molar-refractivity contribution is 0.359. The fraction of sp³-hybridized carbons (Fsp3) is 0.462. The number of hydrogen-bond donors (Lipinski definition) is 2. The van der Waals surface area contributed by atoms with Gasteiger partial charge in [0.05, 0.1) is 16.5 Å². The molecule has 158 valence electrons. The van der Waals surface area contributed by atoms with Gasteiger partial charge in [-0.15, -0.1) is 0 Å². The van der Waals surface area contributed by atoms with E-state index in [1.807, 2.05) is 0 Å². The number of aromatic amines is 1. The summed E-state index contributed by atoms with van der Waals surface area (Å²) in [6.07, 6.45) is 1.68. The summed E-state index contributed by atoms with van der Waals surface area (Å²) in [6.45, 7) is 17.2. The molecule has 2 heterocycles. The number of rotatable bonds is 3. The van der Waals surface area contributed by atoms with Crippen LogP contribution in [0.5, 0.6) is 0 Å². The minimum atomic E-state index is -0.131. The molecule has 4 heteroatoms. The van der Waals surface area contributed by atoms with Crippen molar-refractivity contribution in [3.05, 3.63) is 45.9 Å². The summed E-state index contributed by atoms with van der Waals surface area (Å²) in [5, 5.41) is 6.10. The highest BCUT2D eigenvalue weighted by Gasteiger charge is 2.22. The number of H-pyrrole nitrogens is 1. The Morgan fingerprint density at radius 2 is 1.77 bits per heavy atom. The number of nitrogens with one attached hydrogen (secondary N) is 2. The van der Waals surface area contributed by atoms with Crippen molar-refractivity contribution in [3.63, 3.8) is 0 Å². The quantitative estimate of drug-likeness (QED) is 0.413. The Bertz CT molecular complexity index is 1200. The molecule has 2 N–H and O–H groups in total. The SMILES string of the molecule is CC(C)C#Cc1c[nH]c(=O)c2c1nc(NC(C)C(C)(C)C)c1ccc(C(C)C)cc12. The van der Waals surface area contributed by atoms with E-state index in [2.05, 4.69) is 95.7 Å². The van der Waals surface area contributed by atoms with Gasteiger partial charge in [0.2, 0.25) is 0 Å². The number of fused-ring (bicyclic) bond motifs is 3. The highest BCUT2D eigenvalue weighted by molar-refractivity contribution is 6.11. The summed E-state index contributed by atoms with van der Waals surface area (Å²) < 4.78 is 0. The van der Waals surface area contributed by atoms with Crippen molar-refractivity contribution >= 4 is 27.5 Å². The Morgan fingerprint density at radius 3 is 2.37 bits per heavy atom. The largest absolute Gasteiger partial charge is 0.367 e. The van der Waals surface area contributed by atoms with Gasteiger partial charge in [0.15, 0.2) is 0 Å². The van der Waals surface area contributed by atoms with E-state index in [0.717, 1.165) is 22.2 Å². The Morgan fingerprint density at radius 1 is 1.07 bits per heavy atom. The molecular formula is C26H33N3O. The van der Waals surface area contributed by atoms with Gasteiger partial charge in [-0.05, 0) is 29.9 Å². The third kappa shape index (κ3) is 4.36. The van der Waals surface area contributed by atoms with E-state index in [1.165, 1.54) is 5.56 Å². The van der Waals surface area contributed by atoms with Gasteiger partial charge in [0.25, 0.3) is 5.56 Å². The molecule has 1 atom stereocenters. The molecule has 30 heavy (non-hydrogen) atoms. The molecule has 3 aromatic rings. The maximum Gasteiger partial charge on any atom is 0.258 e. The van der Waals surface area contributed by atoms with E-state index in [9.17, 15) is 4.79 Å². The van der Waals surface area contributed by atoms with Crippen LogP contribution in [0.4, 0.5) is 5.82 Å². The molecule has 0 aliphatic heterocycles. The van der Waals surface area contributed by atoms with Crippen molar-refractivity contribution in [2.45, 2.75) is 67.3 Å². The van der Waals surface area contributed by atoms with E-state index in [4.69, 9.17) is 4.98 Å². The van der Waals surface area contributed by atoms with Gasteiger partial charge in [0, 0.05) is 28.9 Å². The zero-order chi connectivity index (χ0) is 22.2. The van der Waals surface area contributed by atoms with E-state index in [0.29, 0.717) is 16.8 Å². The van der Waals surface area contributed by atoms with E-state index < -0.39 is 0 Å². The molecule has 0 bridgehead atoms. The molecule has 0 spiro atoms. The van der Waals surface area contributed by atoms with Gasteiger partial charge in [-0.25, -0.2) is 4.98 Å². The van der Waals surface area contributed by atoms with Crippen LogP contribution in [0.2, 0.25) is 0 Å². The lowest BCUT2D eigenvalue weighted by atomic mass is 9.88. The van der Waals surface area contributed by atoms with Crippen molar-refractivity contribution in [1.82, 2.24) is 9.97 Å². The van der Waals surface area contributed by atoms with Gasteiger partial charge in [-0.2, -0.15) is 0 Å². The summed E-state index contributed by atoms with van der Waals surface area (Å²) in [6, 6.07) is 6.54. The van der Waals surface area contributed by atoms with Crippen molar-refractivity contribution in [2.24, 2.45) is 11.3 Å². The van der Waals surface area contributed by atoms with Crippen molar-refractivity contribution in [2.75, 3.05) is 5.32 Å². The van der Waals surface area contributed by atoms with Gasteiger partial charge in [0.1, 0.15) is 5.82 Å². The number of aromatic nitrogens is 2. The number of benzene rings is 1. The van der Waals surface area contributed by atoms with Crippen LogP contribution < -0.4 is 10.9 Å². The molecule has 0 aliphatic rings. The molecule has 0 saturated carbocycles. The van der Waals surface area contributed by atoms with Crippen LogP contribution in [0.1, 0.15) is 72.4 Å². The third-order valence-electron chi connectivity index (χ3n) is 5.67. The smallest absolute Gasteiger partial charge is 0.258 e. The molecule has 1 aromatic carbocycles. The second kappa shape index (κ2) is 8.14. The zero-order valence-electron chi connectivity index (χ0n) is 19.4. The Balaban J connectivity index is 2.41. The average Bonchev–Trinajstić information content (AvgIpc) is 2.65. The molecule has 0 saturated heterocycles. The van der Waals surface area contributed by atoms with Crippen molar-refractivity contribution in [1.29, 1.82) is 0 Å². The predicted molar refractivity (Wildman–Crippen MR) is 128 cm³/mol. The summed E-state index contributed by atoms with van der Waals surface area (Å²) in [4.78, 5) is 20.7. The van der Waals surface area contributed by atoms with Crippen molar-refractivity contribution < 1.29 is 0 Å². The molecule has 0 radical (unpaired) electrons. The van der Waals surface area contributed by atoms with Crippen LogP contribution in [-0.2, 0) is 0 Å². The third-order valence-corrected chi connectivity index (χ3v) is 5.67. The van der Waals surface area contributed by atoms with Crippen LogP contribution in [-0.4, -0.2) is 16.0 Å². The maximum absolute atomic E-state index is 12.9. The highest BCUT2D eigenvalue weighted by atomic mass is 16.1. The molecule has 2 aromatic heterocycles. The van der Waals surface area contributed by atoms with Crippen LogP contribution in [0.25, 0.3) is 21.7 Å². The van der Waals surface area contributed by atoms with E-state index in [-0.39, 0.29) is 22.9 Å². The molecular weight excluding hydrogens is 370 g/mol. The van der Waals surface area contributed by atoms with Crippen LogP contribution in [0.15, 0.2) is 29.2 Å². The maximum atomic E-state index is 12.9. The average molecular weight is 404 g/mol. The lowest BCUT2D eigenvalue weighted by Gasteiger charge is -2.29.